The quantitative estimate of drug-likeness (QED) is 0.646. The van der Waals surface area contributed by atoms with E-state index in [0.717, 1.165) is 11.4 Å². The van der Waals surface area contributed by atoms with Crippen LogP contribution < -0.4 is 20.1 Å². The normalized spacial score (nSPS) is 10.3. The predicted molar refractivity (Wildman–Crippen MR) is 111 cm³/mol. The average Bonchev–Trinajstić information content (AvgIpc) is 2.60. The number of amides is 1. The largest absolute Gasteiger partial charge is 0.496 e. The van der Waals surface area contributed by atoms with E-state index in [1.165, 1.54) is 0 Å². The Kier molecular flexibility index (Phi) is 7.41. The number of carbonyl (C=O) groups is 1. The number of halogens is 1. The number of nitrogens with one attached hydrogen (secondary N) is 2. The van der Waals surface area contributed by atoms with Crippen LogP contribution in [0.15, 0.2) is 46.9 Å². The Morgan fingerprint density at radius 3 is 2.65 bits per heavy atom. The lowest BCUT2D eigenvalue weighted by Crippen LogP contribution is -2.34. The second-order valence-corrected chi connectivity index (χ2v) is 7.25. The molecule has 2 N–H and O–H groups in total. The smallest absolute Gasteiger partial charge is 0.257 e. The van der Waals surface area contributed by atoms with Gasteiger partial charge in [0.15, 0.2) is 5.11 Å². The van der Waals surface area contributed by atoms with E-state index in [1.54, 1.807) is 25.3 Å². The number of hydrogen-bond acceptors (Lipinski definition) is 4. The molecule has 2 rings (SSSR count). The fraction of sp³-hybridized carbons (Fsp3) is 0.263. The third kappa shape index (κ3) is 6.00. The highest BCUT2D eigenvalue weighted by Gasteiger charge is 2.11. The van der Waals surface area contributed by atoms with Gasteiger partial charge < -0.3 is 14.8 Å². The Hall–Kier alpha value is -2.12. The standard InChI is InChI=1S/C19H21BrN2O3S/c1-12(2)11-25-15-6-4-5-14(10-15)21-19(26)22-18(23)13-7-8-17(24-3)16(20)9-13/h4-10,12H,11H2,1-3H3,(H2,21,22,23,26). The first kappa shape index (κ1) is 20.2. The Morgan fingerprint density at radius 1 is 1.23 bits per heavy atom. The first-order chi connectivity index (χ1) is 12.4. The zero-order valence-electron chi connectivity index (χ0n) is 14.8. The van der Waals surface area contributed by atoms with Gasteiger partial charge in [-0.2, -0.15) is 0 Å². The average molecular weight is 437 g/mol. The summed E-state index contributed by atoms with van der Waals surface area (Å²) in [6.07, 6.45) is 0. The molecule has 0 aliphatic rings. The topological polar surface area (TPSA) is 59.6 Å². The summed E-state index contributed by atoms with van der Waals surface area (Å²) in [7, 11) is 1.57. The SMILES string of the molecule is COc1ccc(C(=O)NC(=S)Nc2cccc(OCC(C)C)c2)cc1Br. The van der Waals surface area contributed by atoms with Crippen LogP contribution in [-0.2, 0) is 0 Å². The van der Waals surface area contributed by atoms with E-state index in [4.69, 9.17) is 21.7 Å². The maximum absolute atomic E-state index is 12.3. The number of benzene rings is 2. The van der Waals surface area contributed by atoms with E-state index in [1.807, 2.05) is 24.3 Å². The highest BCUT2D eigenvalue weighted by molar-refractivity contribution is 9.10. The molecular weight excluding hydrogens is 416 g/mol. The van der Waals surface area contributed by atoms with Crippen molar-refractivity contribution >= 4 is 44.9 Å². The monoisotopic (exact) mass is 436 g/mol. The van der Waals surface area contributed by atoms with Gasteiger partial charge in [-0.25, -0.2) is 0 Å². The first-order valence-corrected chi connectivity index (χ1v) is 9.28. The van der Waals surface area contributed by atoms with Crippen molar-refractivity contribution in [3.63, 3.8) is 0 Å². The van der Waals surface area contributed by atoms with Crippen LogP contribution in [-0.4, -0.2) is 24.7 Å². The molecular formula is C19H21BrN2O3S. The molecule has 0 aliphatic heterocycles. The van der Waals surface area contributed by atoms with Crippen molar-refractivity contribution in [1.29, 1.82) is 0 Å². The summed E-state index contributed by atoms with van der Waals surface area (Å²) in [5.74, 6) is 1.53. The molecule has 0 saturated carbocycles. The van der Waals surface area contributed by atoms with Gasteiger partial charge >= 0.3 is 0 Å². The lowest BCUT2D eigenvalue weighted by atomic mass is 10.2. The summed E-state index contributed by atoms with van der Waals surface area (Å²) in [6.45, 7) is 4.81. The molecule has 0 atom stereocenters. The van der Waals surface area contributed by atoms with Crippen LogP contribution in [0.4, 0.5) is 5.69 Å². The van der Waals surface area contributed by atoms with Gasteiger partial charge in [-0.15, -0.1) is 0 Å². The van der Waals surface area contributed by atoms with Crippen molar-refractivity contribution in [3.05, 3.63) is 52.5 Å². The fourth-order valence-corrected chi connectivity index (χ4v) is 2.82. The lowest BCUT2D eigenvalue weighted by molar-refractivity contribution is 0.0977. The summed E-state index contributed by atoms with van der Waals surface area (Å²) in [5.41, 5.74) is 1.21. The molecule has 0 fully saturated rings. The van der Waals surface area contributed by atoms with Gasteiger partial charge in [0.05, 0.1) is 18.2 Å². The summed E-state index contributed by atoms with van der Waals surface area (Å²) in [4.78, 5) is 12.3. The number of ether oxygens (including phenoxy) is 2. The van der Waals surface area contributed by atoms with Crippen molar-refractivity contribution in [1.82, 2.24) is 5.32 Å². The van der Waals surface area contributed by atoms with Crippen molar-refractivity contribution in [2.75, 3.05) is 19.0 Å². The Bertz CT molecular complexity index is 796. The molecule has 5 nitrogen and oxygen atoms in total. The molecule has 0 aromatic heterocycles. The molecule has 0 bridgehead atoms. The van der Waals surface area contributed by atoms with Gasteiger partial charge in [-0.1, -0.05) is 19.9 Å². The van der Waals surface area contributed by atoms with Crippen LogP contribution in [0.3, 0.4) is 0 Å². The van der Waals surface area contributed by atoms with Crippen LogP contribution in [0, 0.1) is 5.92 Å². The van der Waals surface area contributed by atoms with E-state index in [-0.39, 0.29) is 11.0 Å². The predicted octanol–water partition coefficient (Wildman–Crippen LogP) is 4.62. The Labute approximate surface area is 167 Å². The first-order valence-electron chi connectivity index (χ1n) is 8.07. The van der Waals surface area contributed by atoms with Gasteiger partial charge in [0.1, 0.15) is 11.5 Å². The van der Waals surface area contributed by atoms with Crippen molar-refractivity contribution < 1.29 is 14.3 Å². The summed E-state index contributed by atoms with van der Waals surface area (Å²) >= 11 is 8.58. The van der Waals surface area contributed by atoms with Crippen molar-refractivity contribution in [3.8, 4) is 11.5 Å². The van der Waals surface area contributed by atoms with E-state index >= 15 is 0 Å². The highest BCUT2D eigenvalue weighted by Crippen LogP contribution is 2.25. The number of methoxy groups -OCH3 is 1. The number of hydrogen-bond donors (Lipinski definition) is 2. The van der Waals surface area contributed by atoms with E-state index in [9.17, 15) is 4.79 Å². The fourth-order valence-electron chi connectivity index (χ4n) is 2.07. The van der Waals surface area contributed by atoms with E-state index in [2.05, 4.69) is 40.4 Å². The molecule has 0 aliphatic carbocycles. The molecule has 0 radical (unpaired) electrons. The molecule has 1 amide bonds. The van der Waals surface area contributed by atoms with Crippen LogP contribution in [0.25, 0.3) is 0 Å². The van der Waals surface area contributed by atoms with E-state index in [0.29, 0.717) is 28.3 Å². The summed E-state index contributed by atoms with van der Waals surface area (Å²) in [5, 5.41) is 5.86. The third-order valence-corrected chi connectivity index (χ3v) is 4.14. The maximum atomic E-state index is 12.3. The highest BCUT2D eigenvalue weighted by atomic mass is 79.9. The molecule has 138 valence electrons. The number of anilines is 1. The molecule has 0 saturated heterocycles. The van der Waals surface area contributed by atoms with E-state index < -0.39 is 0 Å². The number of carbonyl (C=O) groups excluding carboxylic acids is 1. The molecule has 0 heterocycles. The van der Waals surface area contributed by atoms with Gasteiger partial charge in [-0.3, -0.25) is 10.1 Å². The summed E-state index contributed by atoms with van der Waals surface area (Å²) < 4.78 is 11.5. The van der Waals surface area contributed by atoms with Gasteiger partial charge in [0.2, 0.25) is 0 Å². The zero-order chi connectivity index (χ0) is 19.1. The van der Waals surface area contributed by atoms with Crippen LogP contribution in [0.1, 0.15) is 24.2 Å². The Balaban J connectivity index is 1.96. The third-order valence-electron chi connectivity index (χ3n) is 3.32. The molecule has 0 unspecified atom stereocenters. The zero-order valence-corrected chi connectivity index (χ0v) is 17.2. The Morgan fingerprint density at radius 2 is 2.00 bits per heavy atom. The number of thiocarbonyl (C=S) groups is 1. The molecule has 7 heteroatoms. The van der Waals surface area contributed by atoms with Gasteiger partial charge in [0.25, 0.3) is 5.91 Å². The van der Waals surface area contributed by atoms with Crippen molar-refractivity contribution in [2.24, 2.45) is 5.92 Å². The molecule has 26 heavy (non-hydrogen) atoms. The minimum absolute atomic E-state index is 0.211. The van der Waals surface area contributed by atoms with Gasteiger partial charge in [-0.05, 0) is 64.4 Å². The second-order valence-electron chi connectivity index (χ2n) is 5.99. The van der Waals surface area contributed by atoms with Crippen LogP contribution in [0.5, 0.6) is 11.5 Å². The molecule has 0 spiro atoms. The maximum Gasteiger partial charge on any atom is 0.257 e. The number of rotatable bonds is 6. The molecule has 2 aromatic rings. The second kappa shape index (κ2) is 9.54. The van der Waals surface area contributed by atoms with Crippen molar-refractivity contribution in [2.45, 2.75) is 13.8 Å². The van der Waals surface area contributed by atoms with Gasteiger partial charge in [0, 0.05) is 17.3 Å². The molecule has 2 aromatic carbocycles. The minimum Gasteiger partial charge on any atom is -0.496 e. The van der Waals surface area contributed by atoms with Crippen LogP contribution >= 0.6 is 28.1 Å². The van der Waals surface area contributed by atoms with Crippen LogP contribution in [0.2, 0.25) is 0 Å². The lowest BCUT2D eigenvalue weighted by Gasteiger charge is -2.13. The minimum atomic E-state index is -0.307. The summed E-state index contributed by atoms with van der Waals surface area (Å²) in [6, 6.07) is 12.5.